The van der Waals surface area contributed by atoms with Crippen LogP contribution in [0.2, 0.25) is 0 Å². The van der Waals surface area contributed by atoms with Crippen LogP contribution in [0.4, 0.5) is 0 Å². The van der Waals surface area contributed by atoms with Crippen molar-refractivity contribution >= 4 is 40.1 Å². The van der Waals surface area contributed by atoms with Gasteiger partial charge in [0.2, 0.25) is 0 Å². The summed E-state index contributed by atoms with van der Waals surface area (Å²) < 4.78 is 0. The molecule has 0 fully saturated rings. The first kappa shape index (κ1) is 32.1. The predicted molar refractivity (Wildman–Crippen MR) is 17.1 cm³/mol. The molecule has 0 N–H and O–H groups in total. The summed E-state index contributed by atoms with van der Waals surface area (Å²) in [5.74, 6) is 0. The van der Waals surface area contributed by atoms with Crippen molar-refractivity contribution in [3.63, 3.8) is 0 Å². The molecule has 4 heteroatoms. The van der Waals surface area contributed by atoms with Gasteiger partial charge in [0, 0.05) is 36.5 Å². The molecule has 22 valence electrons. The summed E-state index contributed by atoms with van der Waals surface area (Å²) >= 11 is 0. The van der Waals surface area contributed by atoms with Gasteiger partial charge >= 0.3 is 40.1 Å². The second kappa shape index (κ2) is 18.1. The molecule has 0 saturated heterocycles. The van der Waals surface area contributed by atoms with E-state index in [2.05, 4.69) is 0 Å². The van der Waals surface area contributed by atoms with Gasteiger partial charge in [-0.2, -0.15) is 0 Å². The third kappa shape index (κ3) is 8.83. The summed E-state index contributed by atoms with van der Waals surface area (Å²) in [6, 6.07) is 0. The molecule has 0 atom stereocenters. The molecule has 0 rings (SSSR count). The number of hydrogen-bond donors (Lipinski definition) is 0. The smallest absolute Gasteiger partial charge is 0 e. The minimum atomic E-state index is 0. The summed E-state index contributed by atoms with van der Waals surface area (Å²) in [5.41, 5.74) is 0. The second-order valence-electron chi connectivity index (χ2n) is 0. The molecule has 0 aliphatic carbocycles. The predicted octanol–water partition coefficient (Wildman–Crippen LogP) is -1.84. The van der Waals surface area contributed by atoms with Gasteiger partial charge in [-0.1, -0.05) is 0 Å². The summed E-state index contributed by atoms with van der Waals surface area (Å²) in [6.07, 6.45) is 0. The molecule has 0 aliphatic rings. The quantitative estimate of drug-likeness (QED) is 0.428. The topological polar surface area (TPSA) is 0 Å². The van der Waals surface area contributed by atoms with E-state index in [0.717, 1.165) is 0 Å². The first-order valence-corrected chi connectivity index (χ1v) is 0. The van der Waals surface area contributed by atoms with Crippen molar-refractivity contribution < 1.29 is 36.5 Å². The summed E-state index contributed by atoms with van der Waals surface area (Å²) in [6.45, 7) is 0. The van der Waals surface area contributed by atoms with Crippen LogP contribution in [0.15, 0.2) is 0 Å². The first-order chi connectivity index (χ1) is 0. The average molecular weight is 229 g/mol. The summed E-state index contributed by atoms with van der Waals surface area (Å²) in [5, 5.41) is 0. The van der Waals surface area contributed by atoms with Gasteiger partial charge in [0.15, 0.2) is 0 Å². The Labute approximate surface area is 75.7 Å². The van der Waals surface area contributed by atoms with Crippen molar-refractivity contribution in [3.8, 4) is 0 Å². The molecule has 0 amide bonds. The van der Waals surface area contributed by atoms with Crippen LogP contribution in [-0.2, 0) is 36.5 Å². The minimum absolute atomic E-state index is 0. The molecule has 0 heterocycles. The molecule has 0 spiro atoms. The molecular formula is H4FeMgSeZn. The Morgan fingerprint density at radius 3 is 1.00 bits per heavy atom. The number of hydrogen-bond acceptors (Lipinski definition) is 0. The molecule has 0 bridgehead atoms. The van der Waals surface area contributed by atoms with Crippen molar-refractivity contribution in [2.45, 2.75) is 0 Å². The van der Waals surface area contributed by atoms with Crippen molar-refractivity contribution in [2.24, 2.45) is 0 Å². The fourth-order valence-corrected chi connectivity index (χ4v) is 0. The zero-order chi connectivity index (χ0) is 0. The van der Waals surface area contributed by atoms with Gasteiger partial charge in [-0.15, -0.1) is 0 Å². The number of rotatable bonds is 0. The second-order valence-corrected chi connectivity index (χ2v) is 0. The van der Waals surface area contributed by atoms with Crippen molar-refractivity contribution in [1.82, 2.24) is 0 Å². The minimum Gasteiger partial charge on any atom is 0 e. The van der Waals surface area contributed by atoms with Crippen molar-refractivity contribution in [2.75, 3.05) is 0 Å². The molecule has 0 nitrogen and oxygen atoms in total. The molecule has 4 heavy (non-hydrogen) atoms. The molecule has 0 aromatic rings. The van der Waals surface area contributed by atoms with E-state index < -0.39 is 0 Å². The fourth-order valence-electron chi connectivity index (χ4n) is 0. The van der Waals surface area contributed by atoms with Gasteiger partial charge < -0.3 is 0 Å². The zero-order valence-electron chi connectivity index (χ0n) is 1.56. The van der Waals surface area contributed by atoms with Crippen LogP contribution in [0.5, 0.6) is 0 Å². The van der Waals surface area contributed by atoms with Crippen LogP contribution < -0.4 is 0 Å². The van der Waals surface area contributed by atoms with Crippen molar-refractivity contribution in [1.29, 1.82) is 0 Å². The zero-order valence-corrected chi connectivity index (χ0v) is 7.73. The molecule has 0 aromatic heterocycles. The Morgan fingerprint density at radius 1 is 1.00 bits per heavy atom. The van der Waals surface area contributed by atoms with E-state index >= 15 is 0 Å². The van der Waals surface area contributed by atoms with Gasteiger partial charge in [-0.05, 0) is 0 Å². The van der Waals surface area contributed by atoms with Crippen molar-refractivity contribution in [3.05, 3.63) is 0 Å². The molecule has 0 radical (unpaired) electrons. The van der Waals surface area contributed by atoms with E-state index in [4.69, 9.17) is 0 Å². The van der Waals surface area contributed by atoms with E-state index in [1.807, 2.05) is 0 Å². The maximum absolute atomic E-state index is 0. The molecule has 0 aromatic carbocycles. The Kier molecular flexibility index (Phi) is 145. The van der Waals surface area contributed by atoms with Crippen LogP contribution in [0, 0.1) is 0 Å². The largest absolute Gasteiger partial charge is 0 e. The monoisotopic (exact) mass is 228 g/mol. The standard InChI is InChI=1S/Fe.Mg.H2Se.Zn.2H/h;;1H2;;;. The van der Waals surface area contributed by atoms with E-state index in [-0.39, 0.29) is 76.7 Å². The Bertz CT molecular complexity index is 8.00. The molecule has 0 saturated carbocycles. The third-order valence-corrected chi connectivity index (χ3v) is 0. The van der Waals surface area contributed by atoms with Crippen LogP contribution in [0.25, 0.3) is 0 Å². The maximum Gasteiger partial charge on any atom is 0 e. The van der Waals surface area contributed by atoms with Crippen LogP contribution >= 0.6 is 0 Å². The third-order valence-electron chi connectivity index (χ3n) is 0. The Balaban J connectivity index is 0. The van der Waals surface area contributed by atoms with Gasteiger partial charge in [0.05, 0.1) is 0 Å². The Morgan fingerprint density at radius 2 is 1.00 bits per heavy atom. The summed E-state index contributed by atoms with van der Waals surface area (Å²) in [7, 11) is 0. The SMILES string of the molecule is [Fe].[MgH2].[SeH2].[Zn]. The molecule has 0 aliphatic heterocycles. The average Bonchev–Trinajstić information content (AvgIpc) is 0. The van der Waals surface area contributed by atoms with Gasteiger partial charge in [0.25, 0.3) is 0 Å². The van der Waals surface area contributed by atoms with Gasteiger partial charge in [-0.3, -0.25) is 0 Å². The summed E-state index contributed by atoms with van der Waals surface area (Å²) in [4.78, 5) is 0. The van der Waals surface area contributed by atoms with Gasteiger partial charge in [0.1, 0.15) is 0 Å². The molecule has 0 unspecified atom stereocenters. The van der Waals surface area contributed by atoms with E-state index in [1.165, 1.54) is 0 Å². The van der Waals surface area contributed by atoms with Crippen LogP contribution in [-0.4, -0.2) is 40.1 Å². The first-order valence-electron chi connectivity index (χ1n) is 0. The Hall–Kier alpha value is 2.43. The van der Waals surface area contributed by atoms with Crippen LogP contribution in [0.3, 0.4) is 0 Å². The fraction of sp³-hybridized carbons (Fsp3) is 0. The van der Waals surface area contributed by atoms with E-state index in [9.17, 15) is 0 Å². The normalized spacial score (nSPS) is 0. The van der Waals surface area contributed by atoms with E-state index in [0.29, 0.717) is 0 Å². The van der Waals surface area contributed by atoms with E-state index in [1.54, 1.807) is 0 Å². The van der Waals surface area contributed by atoms with Crippen LogP contribution in [0.1, 0.15) is 0 Å². The maximum atomic E-state index is 0. The van der Waals surface area contributed by atoms with Gasteiger partial charge in [-0.25, -0.2) is 0 Å². The molecular weight excluding hydrogens is 224 g/mol.